The molecule has 0 bridgehead atoms. The summed E-state index contributed by atoms with van der Waals surface area (Å²) in [5, 5.41) is 0.610. The first-order valence-corrected chi connectivity index (χ1v) is 10.0. The van der Waals surface area contributed by atoms with E-state index >= 15 is 0 Å². The van der Waals surface area contributed by atoms with Crippen LogP contribution in [0.15, 0.2) is 64.5 Å². The SMILES string of the molecule is Cc1ccc(C(C)C)c(OCCSc2nc(-c3ccccc3)cc(=O)[nH]2)c1. The van der Waals surface area contributed by atoms with Gasteiger partial charge >= 0.3 is 0 Å². The molecule has 27 heavy (non-hydrogen) atoms. The number of hydrogen-bond acceptors (Lipinski definition) is 4. The van der Waals surface area contributed by atoms with Gasteiger partial charge in [0.1, 0.15) is 5.75 Å². The lowest BCUT2D eigenvalue weighted by atomic mass is 10.0. The van der Waals surface area contributed by atoms with E-state index in [9.17, 15) is 4.79 Å². The van der Waals surface area contributed by atoms with Crippen molar-refractivity contribution in [2.24, 2.45) is 0 Å². The van der Waals surface area contributed by atoms with Gasteiger partial charge in [-0.2, -0.15) is 0 Å². The third-order valence-electron chi connectivity index (χ3n) is 4.16. The number of aromatic amines is 1. The zero-order valence-corrected chi connectivity index (χ0v) is 16.7. The molecule has 0 aliphatic rings. The van der Waals surface area contributed by atoms with E-state index in [0.29, 0.717) is 29.1 Å². The van der Waals surface area contributed by atoms with Gasteiger partial charge in [0.25, 0.3) is 5.56 Å². The number of rotatable bonds is 7. The van der Waals surface area contributed by atoms with Crippen molar-refractivity contribution in [3.8, 4) is 17.0 Å². The Morgan fingerprint density at radius 1 is 1.11 bits per heavy atom. The normalized spacial score (nSPS) is 11.0. The van der Waals surface area contributed by atoms with Gasteiger partial charge in [-0.15, -0.1) is 0 Å². The highest BCUT2D eigenvalue weighted by Crippen LogP contribution is 2.28. The van der Waals surface area contributed by atoms with Crippen LogP contribution in [0.2, 0.25) is 0 Å². The summed E-state index contributed by atoms with van der Waals surface area (Å²) in [6.45, 7) is 6.94. The predicted molar refractivity (Wildman–Crippen MR) is 112 cm³/mol. The zero-order valence-electron chi connectivity index (χ0n) is 15.9. The number of thioether (sulfide) groups is 1. The molecule has 1 aromatic heterocycles. The zero-order chi connectivity index (χ0) is 19.2. The Morgan fingerprint density at radius 2 is 1.89 bits per heavy atom. The summed E-state index contributed by atoms with van der Waals surface area (Å²) in [6.07, 6.45) is 0. The third-order valence-corrected chi connectivity index (χ3v) is 5.00. The van der Waals surface area contributed by atoms with Crippen molar-refractivity contribution in [1.82, 2.24) is 9.97 Å². The number of benzene rings is 2. The van der Waals surface area contributed by atoms with Crippen molar-refractivity contribution in [3.05, 3.63) is 76.1 Å². The lowest BCUT2D eigenvalue weighted by Gasteiger charge is -2.14. The number of ether oxygens (including phenoxy) is 1. The molecule has 140 valence electrons. The molecule has 0 radical (unpaired) electrons. The van der Waals surface area contributed by atoms with E-state index in [1.54, 1.807) is 0 Å². The van der Waals surface area contributed by atoms with Gasteiger partial charge in [0, 0.05) is 17.4 Å². The molecule has 0 aliphatic heterocycles. The second kappa shape index (κ2) is 8.91. The Morgan fingerprint density at radius 3 is 2.63 bits per heavy atom. The summed E-state index contributed by atoms with van der Waals surface area (Å²) in [7, 11) is 0. The minimum atomic E-state index is -0.145. The minimum absolute atomic E-state index is 0.145. The highest BCUT2D eigenvalue weighted by atomic mass is 32.2. The molecular weight excluding hydrogens is 356 g/mol. The van der Waals surface area contributed by atoms with Crippen molar-refractivity contribution in [1.29, 1.82) is 0 Å². The lowest BCUT2D eigenvalue weighted by Crippen LogP contribution is -2.09. The highest BCUT2D eigenvalue weighted by molar-refractivity contribution is 7.99. The van der Waals surface area contributed by atoms with Crippen LogP contribution < -0.4 is 10.3 Å². The molecule has 0 atom stereocenters. The van der Waals surface area contributed by atoms with Gasteiger partial charge in [-0.3, -0.25) is 4.79 Å². The molecule has 2 aromatic carbocycles. The average Bonchev–Trinajstić information content (AvgIpc) is 2.65. The molecular formula is C22H24N2O2S. The molecule has 1 heterocycles. The summed E-state index contributed by atoms with van der Waals surface area (Å²) < 4.78 is 6.01. The lowest BCUT2D eigenvalue weighted by molar-refractivity contribution is 0.338. The van der Waals surface area contributed by atoms with Crippen LogP contribution in [-0.4, -0.2) is 22.3 Å². The molecule has 0 unspecified atom stereocenters. The molecule has 0 fully saturated rings. The van der Waals surface area contributed by atoms with Gasteiger partial charge < -0.3 is 9.72 Å². The van der Waals surface area contributed by atoms with Crippen LogP contribution in [0.25, 0.3) is 11.3 Å². The fourth-order valence-electron chi connectivity index (χ4n) is 2.79. The molecule has 5 heteroatoms. The van der Waals surface area contributed by atoms with Crippen LogP contribution in [0.5, 0.6) is 5.75 Å². The fraction of sp³-hybridized carbons (Fsp3) is 0.273. The second-order valence-electron chi connectivity index (χ2n) is 6.69. The first-order chi connectivity index (χ1) is 13.0. The summed E-state index contributed by atoms with van der Waals surface area (Å²) in [5.41, 5.74) is 3.87. The van der Waals surface area contributed by atoms with E-state index in [-0.39, 0.29) is 5.56 Å². The van der Waals surface area contributed by atoms with Crippen LogP contribution in [-0.2, 0) is 0 Å². The standard InChI is InChI=1S/C22H24N2O2S/c1-15(2)18-10-9-16(3)13-20(18)26-11-12-27-22-23-19(14-21(25)24-22)17-7-5-4-6-8-17/h4-10,13-15H,11-12H2,1-3H3,(H,23,24,25). The summed E-state index contributed by atoms with van der Waals surface area (Å²) in [6, 6.07) is 17.6. The number of hydrogen-bond donors (Lipinski definition) is 1. The topological polar surface area (TPSA) is 55.0 Å². The van der Waals surface area contributed by atoms with Gasteiger partial charge in [-0.1, -0.05) is 68.1 Å². The van der Waals surface area contributed by atoms with E-state index in [2.05, 4.69) is 48.9 Å². The smallest absolute Gasteiger partial charge is 0.252 e. The molecule has 0 amide bonds. The van der Waals surface area contributed by atoms with Crippen molar-refractivity contribution in [3.63, 3.8) is 0 Å². The maximum Gasteiger partial charge on any atom is 0.252 e. The number of H-pyrrole nitrogens is 1. The van der Waals surface area contributed by atoms with E-state index in [1.165, 1.54) is 29.0 Å². The maximum atomic E-state index is 12.0. The quantitative estimate of drug-likeness (QED) is 0.354. The molecule has 0 saturated heterocycles. The Bertz CT molecular complexity index is 952. The van der Waals surface area contributed by atoms with Crippen LogP contribution in [0.3, 0.4) is 0 Å². The monoisotopic (exact) mass is 380 g/mol. The minimum Gasteiger partial charge on any atom is -0.492 e. The molecule has 3 aromatic rings. The second-order valence-corrected chi connectivity index (χ2v) is 7.78. The van der Waals surface area contributed by atoms with Crippen molar-refractivity contribution < 1.29 is 4.74 Å². The average molecular weight is 381 g/mol. The summed E-state index contributed by atoms with van der Waals surface area (Å²) >= 11 is 1.49. The van der Waals surface area contributed by atoms with Gasteiger partial charge in [0.05, 0.1) is 12.3 Å². The van der Waals surface area contributed by atoms with Crippen LogP contribution >= 0.6 is 11.8 Å². The predicted octanol–water partition coefficient (Wildman–Crippen LogP) is 5.04. The number of nitrogens with one attached hydrogen (secondary N) is 1. The first-order valence-electron chi connectivity index (χ1n) is 9.06. The first kappa shape index (κ1) is 19.2. The number of aromatic nitrogens is 2. The fourth-order valence-corrected chi connectivity index (χ4v) is 3.49. The Kier molecular flexibility index (Phi) is 6.35. The van der Waals surface area contributed by atoms with Crippen molar-refractivity contribution in [2.75, 3.05) is 12.4 Å². The Hall–Kier alpha value is -2.53. The molecule has 1 N–H and O–H groups in total. The number of aryl methyl sites for hydroxylation is 1. The molecule has 0 spiro atoms. The van der Waals surface area contributed by atoms with Gasteiger partial charge in [-0.05, 0) is 30.0 Å². The Labute approximate surface area is 164 Å². The largest absolute Gasteiger partial charge is 0.492 e. The van der Waals surface area contributed by atoms with Crippen molar-refractivity contribution >= 4 is 11.8 Å². The number of nitrogens with zero attached hydrogens (tertiary/aromatic N) is 1. The maximum absolute atomic E-state index is 12.0. The van der Waals surface area contributed by atoms with Gasteiger partial charge in [-0.25, -0.2) is 4.98 Å². The third kappa shape index (κ3) is 5.23. The van der Waals surface area contributed by atoms with E-state index < -0.39 is 0 Å². The highest BCUT2D eigenvalue weighted by Gasteiger charge is 2.09. The van der Waals surface area contributed by atoms with Crippen LogP contribution in [0.4, 0.5) is 0 Å². The van der Waals surface area contributed by atoms with E-state index in [1.807, 2.05) is 30.3 Å². The van der Waals surface area contributed by atoms with Crippen LogP contribution in [0.1, 0.15) is 30.9 Å². The summed E-state index contributed by atoms with van der Waals surface area (Å²) in [5.74, 6) is 2.05. The Balaban J connectivity index is 1.64. The summed E-state index contributed by atoms with van der Waals surface area (Å²) in [4.78, 5) is 19.3. The van der Waals surface area contributed by atoms with Crippen LogP contribution in [0, 0.1) is 6.92 Å². The molecule has 0 saturated carbocycles. The molecule has 4 nitrogen and oxygen atoms in total. The van der Waals surface area contributed by atoms with Crippen molar-refractivity contribution in [2.45, 2.75) is 31.8 Å². The van der Waals surface area contributed by atoms with E-state index in [4.69, 9.17) is 4.74 Å². The van der Waals surface area contributed by atoms with Gasteiger partial charge in [0.2, 0.25) is 0 Å². The molecule has 0 aliphatic carbocycles. The molecule has 3 rings (SSSR count). The van der Waals surface area contributed by atoms with E-state index in [0.717, 1.165) is 11.3 Å². The van der Waals surface area contributed by atoms with Gasteiger partial charge in [0.15, 0.2) is 5.16 Å².